The SMILES string of the molecule is CCOc1ccc2c(c1)N(CCN1CCCCC1)CCn1c-2c(C2CCCCC2)c2ccc(C(=O)O)cc21. The molecule has 1 saturated carbocycles. The van der Waals surface area contributed by atoms with Gasteiger partial charge in [0.05, 0.1) is 17.9 Å². The lowest BCUT2D eigenvalue weighted by atomic mass is 9.81. The highest BCUT2D eigenvalue weighted by Crippen LogP contribution is 2.48. The fourth-order valence-electron chi connectivity index (χ4n) is 7.08. The van der Waals surface area contributed by atoms with Crippen LogP contribution in [0.4, 0.5) is 5.69 Å². The summed E-state index contributed by atoms with van der Waals surface area (Å²) in [4.78, 5) is 17.1. The molecule has 3 heterocycles. The van der Waals surface area contributed by atoms with Gasteiger partial charge >= 0.3 is 5.97 Å². The molecule has 0 atom stereocenters. The number of hydrogen-bond donors (Lipinski definition) is 1. The van der Waals surface area contributed by atoms with Gasteiger partial charge in [-0.25, -0.2) is 4.79 Å². The molecule has 2 fully saturated rings. The van der Waals surface area contributed by atoms with Gasteiger partial charge in [0.25, 0.3) is 0 Å². The van der Waals surface area contributed by atoms with Gasteiger partial charge in [-0.1, -0.05) is 31.7 Å². The molecule has 202 valence electrons. The first-order chi connectivity index (χ1) is 18.6. The van der Waals surface area contributed by atoms with Crippen molar-refractivity contribution in [2.24, 2.45) is 0 Å². The summed E-state index contributed by atoms with van der Waals surface area (Å²) in [6, 6.07) is 12.4. The van der Waals surface area contributed by atoms with E-state index in [1.54, 1.807) is 6.07 Å². The second-order valence-electron chi connectivity index (χ2n) is 11.3. The van der Waals surface area contributed by atoms with Crippen molar-refractivity contribution in [1.29, 1.82) is 0 Å². The molecule has 38 heavy (non-hydrogen) atoms. The van der Waals surface area contributed by atoms with Gasteiger partial charge in [0, 0.05) is 54.4 Å². The van der Waals surface area contributed by atoms with Gasteiger partial charge in [-0.3, -0.25) is 0 Å². The van der Waals surface area contributed by atoms with Gasteiger partial charge in [-0.05, 0) is 81.4 Å². The summed E-state index contributed by atoms with van der Waals surface area (Å²) in [5.74, 6) is 0.573. The fraction of sp³-hybridized carbons (Fsp3) is 0.531. The number of carboxylic acids is 1. The Morgan fingerprint density at radius 2 is 1.71 bits per heavy atom. The zero-order valence-electron chi connectivity index (χ0n) is 22.8. The summed E-state index contributed by atoms with van der Waals surface area (Å²) in [5.41, 5.74) is 6.68. The minimum absolute atomic E-state index is 0.367. The predicted octanol–water partition coefficient (Wildman–Crippen LogP) is 6.76. The van der Waals surface area contributed by atoms with Gasteiger partial charge in [0.2, 0.25) is 0 Å². The number of carbonyl (C=O) groups is 1. The van der Waals surface area contributed by atoms with Crippen LogP contribution in [0.15, 0.2) is 36.4 Å². The molecule has 1 N–H and O–H groups in total. The number of hydrogen-bond acceptors (Lipinski definition) is 4. The number of aromatic carboxylic acids is 1. The van der Waals surface area contributed by atoms with Crippen molar-refractivity contribution in [3.8, 4) is 17.0 Å². The molecule has 6 rings (SSSR count). The molecule has 0 spiro atoms. The first kappa shape index (κ1) is 25.3. The number of piperidine rings is 1. The summed E-state index contributed by atoms with van der Waals surface area (Å²) < 4.78 is 8.42. The maximum Gasteiger partial charge on any atom is 0.335 e. The van der Waals surface area contributed by atoms with Crippen molar-refractivity contribution < 1.29 is 14.6 Å². The minimum Gasteiger partial charge on any atom is -0.494 e. The van der Waals surface area contributed by atoms with E-state index in [2.05, 4.69) is 38.6 Å². The molecule has 2 aromatic carbocycles. The van der Waals surface area contributed by atoms with Gasteiger partial charge in [-0.15, -0.1) is 0 Å². The fourth-order valence-corrected chi connectivity index (χ4v) is 7.08. The molecule has 3 aliphatic rings. The van der Waals surface area contributed by atoms with Crippen LogP contribution in [0.25, 0.3) is 22.2 Å². The van der Waals surface area contributed by atoms with E-state index in [1.165, 1.54) is 92.4 Å². The summed E-state index contributed by atoms with van der Waals surface area (Å²) in [6.45, 7) is 8.91. The highest BCUT2D eigenvalue weighted by Gasteiger charge is 2.31. The lowest BCUT2D eigenvalue weighted by Crippen LogP contribution is -2.38. The van der Waals surface area contributed by atoms with Crippen molar-refractivity contribution in [2.75, 3.05) is 44.2 Å². The van der Waals surface area contributed by atoms with Crippen LogP contribution in [0.2, 0.25) is 0 Å². The molecule has 0 radical (unpaired) electrons. The van der Waals surface area contributed by atoms with Crippen molar-refractivity contribution in [2.45, 2.75) is 70.8 Å². The number of fused-ring (bicyclic) bond motifs is 5. The lowest BCUT2D eigenvalue weighted by molar-refractivity contribution is 0.0697. The molecule has 1 saturated heterocycles. The number of likely N-dealkylation sites (tertiary alicyclic amines) is 1. The van der Waals surface area contributed by atoms with Crippen molar-refractivity contribution in [3.63, 3.8) is 0 Å². The first-order valence-electron chi connectivity index (χ1n) is 14.8. The molecule has 0 amide bonds. The van der Waals surface area contributed by atoms with Crippen LogP contribution in [-0.4, -0.2) is 59.9 Å². The third kappa shape index (κ3) is 4.79. The number of aromatic nitrogens is 1. The third-order valence-corrected chi connectivity index (χ3v) is 8.97. The first-order valence-corrected chi connectivity index (χ1v) is 14.8. The quantitative estimate of drug-likeness (QED) is 0.377. The molecular formula is C32H41N3O3. The van der Waals surface area contributed by atoms with Crippen molar-refractivity contribution in [3.05, 3.63) is 47.5 Å². The van der Waals surface area contributed by atoms with E-state index in [0.29, 0.717) is 18.1 Å². The second-order valence-corrected chi connectivity index (χ2v) is 11.3. The van der Waals surface area contributed by atoms with Crippen LogP contribution in [0, 0.1) is 0 Å². The van der Waals surface area contributed by atoms with E-state index < -0.39 is 5.97 Å². The predicted molar refractivity (Wildman–Crippen MR) is 154 cm³/mol. The number of ether oxygens (including phenoxy) is 1. The van der Waals surface area contributed by atoms with Crippen LogP contribution in [0.3, 0.4) is 0 Å². The van der Waals surface area contributed by atoms with E-state index in [4.69, 9.17) is 4.74 Å². The van der Waals surface area contributed by atoms with Gasteiger partial charge in [0.15, 0.2) is 0 Å². The Bertz CT molecular complexity index is 1300. The largest absolute Gasteiger partial charge is 0.494 e. The highest BCUT2D eigenvalue weighted by atomic mass is 16.5. The Hall–Kier alpha value is -2.99. The van der Waals surface area contributed by atoms with E-state index in [1.807, 2.05) is 13.0 Å². The number of benzene rings is 2. The molecule has 1 aromatic heterocycles. The van der Waals surface area contributed by atoms with E-state index in [9.17, 15) is 9.90 Å². The summed E-state index contributed by atoms with van der Waals surface area (Å²) in [7, 11) is 0. The zero-order chi connectivity index (χ0) is 26.1. The maximum absolute atomic E-state index is 11.9. The molecule has 3 aromatic rings. The van der Waals surface area contributed by atoms with E-state index in [0.717, 1.165) is 37.4 Å². The second kappa shape index (κ2) is 11.0. The van der Waals surface area contributed by atoms with Gasteiger partial charge < -0.3 is 24.2 Å². The van der Waals surface area contributed by atoms with Crippen LogP contribution in [0.5, 0.6) is 5.75 Å². The smallest absolute Gasteiger partial charge is 0.335 e. The van der Waals surface area contributed by atoms with Crippen molar-refractivity contribution in [1.82, 2.24) is 9.47 Å². The lowest BCUT2D eigenvalue weighted by Gasteiger charge is -2.31. The summed E-state index contributed by atoms with van der Waals surface area (Å²) in [5, 5.41) is 11.0. The van der Waals surface area contributed by atoms with E-state index >= 15 is 0 Å². The molecular weight excluding hydrogens is 474 g/mol. The topological polar surface area (TPSA) is 57.9 Å². The summed E-state index contributed by atoms with van der Waals surface area (Å²) >= 11 is 0. The molecule has 0 unspecified atom stereocenters. The Balaban J connectivity index is 1.49. The Morgan fingerprint density at radius 3 is 2.47 bits per heavy atom. The summed E-state index contributed by atoms with van der Waals surface area (Å²) in [6.07, 6.45) is 10.2. The molecule has 0 bridgehead atoms. The number of rotatable bonds is 7. The Labute approximate surface area is 226 Å². The standard InChI is InChI=1S/C32H41N3O3/c1-2-38-25-12-14-27-28(22-25)34(18-17-33-15-7-4-8-16-33)19-20-35-29-21-24(32(36)37)11-13-26(29)30(31(27)35)23-9-5-3-6-10-23/h11-14,21-23H,2-10,15-20H2,1H3,(H,36,37). The molecule has 2 aliphatic heterocycles. The number of nitrogens with zero attached hydrogens (tertiary/aromatic N) is 3. The van der Waals surface area contributed by atoms with Crippen LogP contribution >= 0.6 is 0 Å². The Kier molecular flexibility index (Phi) is 7.33. The normalized spacial score (nSPS) is 18.7. The average molecular weight is 516 g/mol. The number of carboxylic acid groups (broad SMARTS) is 1. The van der Waals surface area contributed by atoms with Gasteiger partial charge in [-0.2, -0.15) is 0 Å². The minimum atomic E-state index is -0.861. The monoisotopic (exact) mass is 515 g/mol. The average Bonchev–Trinajstić information content (AvgIpc) is 3.18. The third-order valence-electron chi connectivity index (χ3n) is 8.97. The maximum atomic E-state index is 11.9. The number of anilines is 1. The van der Waals surface area contributed by atoms with Gasteiger partial charge in [0.1, 0.15) is 5.75 Å². The molecule has 6 heteroatoms. The zero-order valence-corrected chi connectivity index (χ0v) is 22.8. The van der Waals surface area contributed by atoms with Crippen LogP contribution in [0.1, 0.15) is 80.1 Å². The van der Waals surface area contributed by atoms with Crippen LogP contribution in [-0.2, 0) is 6.54 Å². The Morgan fingerprint density at radius 1 is 0.921 bits per heavy atom. The highest BCUT2D eigenvalue weighted by molar-refractivity contribution is 5.99. The van der Waals surface area contributed by atoms with Crippen molar-refractivity contribution >= 4 is 22.6 Å². The molecule has 6 nitrogen and oxygen atoms in total. The molecule has 1 aliphatic carbocycles. The van der Waals surface area contributed by atoms with Crippen LogP contribution < -0.4 is 9.64 Å². The van der Waals surface area contributed by atoms with E-state index in [-0.39, 0.29) is 0 Å².